The summed E-state index contributed by atoms with van der Waals surface area (Å²) in [6, 6.07) is -0.986. The van der Waals surface area contributed by atoms with Crippen molar-refractivity contribution in [2.24, 2.45) is 5.92 Å². The van der Waals surface area contributed by atoms with Crippen LogP contribution in [-0.4, -0.2) is 41.1 Å². The summed E-state index contributed by atoms with van der Waals surface area (Å²) < 4.78 is 0. The third-order valence-electron chi connectivity index (χ3n) is 3.89. The normalized spacial score (nSPS) is 21.6. The van der Waals surface area contributed by atoms with E-state index in [1.165, 1.54) is 0 Å². The Balaban J connectivity index is 2.49. The first-order valence-electron chi connectivity index (χ1n) is 7.36. The maximum Gasteiger partial charge on any atom is 0.326 e. The Bertz CT molecular complexity index is 307. The summed E-state index contributed by atoms with van der Waals surface area (Å²) in [6.07, 6.45) is 5.58. The molecule has 0 aromatic carbocycles. The molecule has 19 heavy (non-hydrogen) atoms. The fourth-order valence-corrected chi connectivity index (χ4v) is 2.56. The van der Waals surface area contributed by atoms with Gasteiger partial charge in [-0.3, -0.25) is 0 Å². The average molecular weight is 270 g/mol. The van der Waals surface area contributed by atoms with Crippen molar-refractivity contribution in [3.05, 3.63) is 0 Å². The van der Waals surface area contributed by atoms with Crippen LogP contribution in [0.25, 0.3) is 0 Å². The number of hydrogen-bond donors (Lipinski definition) is 2. The molecule has 1 heterocycles. The summed E-state index contributed by atoms with van der Waals surface area (Å²) in [7, 11) is 0. The molecule has 1 unspecified atom stereocenters. The van der Waals surface area contributed by atoms with Gasteiger partial charge in [-0.2, -0.15) is 0 Å². The average Bonchev–Trinajstić information content (AvgIpc) is 2.63. The van der Waals surface area contributed by atoms with Crippen LogP contribution in [0.4, 0.5) is 4.79 Å². The van der Waals surface area contributed by atoms with Gasteiger partial charge in [-0.15, -0.1) is 0 Å². The van der Waals surface area contributed by atoms with Crippen LogP contribution in [0.2, 0.25) is 0 Å². The quantitative estimate of drug-likeness (QED) is 0.806. The first kappa shape index (κ1) is 15.8. The first-order valence-corrected chi connectivity index (χ1v) is 7.36. The van der Waals surface area contributed by atoms with Gasteiger partial charge in [0.1, 0.15) is 6.04 Å². The van der Waals surface area contributed by atoms with E-state index in [1.807, 2.05) is 6.92 Å². The van der Waals surface area contributed by atoms with Crippen LogP contribution in [0.1, 0.15) is 52.4 Å². The van der Waals surface area contributed by atoms with E-state index in [2.05, 4.69) is 12.2 Å². The topological polar surface area (TPSA) is 69.6 Å². The highest BCUT2D eigenvalue weighted by Gasteiger charge is 2.24. The van der Waals surface area contributed by atoms with Crippen LogP contribution in [0.15, 0.2) is 0 Å². The Kier molecular flexibility index (Phi) is 6.67. The molecule has 0 aromatic rings. The summed E-state index contributed by atoms with van der Waals surface area (Å²) >= 11 is 0. The van der Waals surface area contributed by atoms with Crippen molar-refractivity contribution in [2.75, 3.05) is 13.1 Å². The van der Waals surface area contributed by atoms with Gasteiger partial charge in [0.15, 0.2) is 0 Å². The molecule has 0 bridgehead atoms. The van der Waals surface area contributed by atoms with Crippen LogP contribution in [-0.2, 0) is 4.79 Å². The summed E-state index contributed by atoms with van der Waals surface area (Å²) in [4.78, 5) is 24.9. The van der Waals surface area contributed by atoms with E-state index >= 15 is 0 Å². The van der Waals surface area contributed by atoms with Gasteiger partial charge in [0.25, 0.3) is 0 Å². The largest absolute Gasteiger partial charge is 0.480 e. The highest BCUT2D eigenvalue weighted by Crippen LogP contribution is 2.20. The predicted octanol–water partition coefficient (Wildman–Crippen LogP) is 2.46. The fraction of sp³-hybridized carbons (Fsp3) is 0.857. The number of carboxylic acid groups (broad SMARTS) is 1. The maximum absolute atomic E-state index is 12.1. The van der Waals surface area contributed by atoms with Gasteiger partial charge < -0.3 is 15.3 Å². The molecule has 2 N–H and O–H groups in total. The molecule has 0 spiro atoms. The summed E-state index contributed by atoms with van der Waals surface area (Å²) in [5.41, 5.74) is 0. The molecular weight excluding hydrogens is 244 g/mol. The van der Waals surface area contributed by atoms with E-state index in [1.54, 1.807) is 4.90 Å². The van der Waals surface area contributed by atoms with Gasteiger partial charge in [-0.25, -0.2) is 9.59 Å². The van der Waals surface area contributed by atoms with Gasteiger partial charge in [0, 0.05) is 13.1 Å². The molecule has 1 aliphatic heterocycles. The minimum absolute atomic E-state index is 0.224. The molecule has 1 saturated heterocycles. The number of carbonyl (C=O) groups excluding carboxylic acids is 1. The number of aliphatic carboxylic acids is 1. The van der Waals surface area contributed by atoms with Crippen LogP contribution >= 0.6 is 0 Å². The number of likely N-dealkylation sites (tertiary alicyclic amines) is 1. The van der Waals surface area contributed by atoms with Crippen molar-refractivity contribution in [3.63, 3.8) is 0 Å². The van der Waals surface area contributed by atoms with Crippen molar-refractivity contribution >= 4 is 12.0 Å². The Labute approximate surface area is 115 Å². The lowest BCUT2D eigenvalue weighted by atomic mass is 9.98. The summed E-state index contributed by atoms with van der Waals surface area (Å²) in [5, 5.41) is 11.7. The molecule has 1 rings (SSSR count). The van der Waals surface area contributed by atoms with E-state index in [9.17, 15) is 9.59 Å². The van der Waals surface area contributed by atoms with Crippen LogP contribution in [0, 0.1) is 5.92 Å². The van der Waals surface area contributed by atoms with Crippen molar-refractivity contribution in [3.8, 4) is 0 Å². The first-order chi connectivity index (χ1) is 9.08. The number of rotatable bonds is 5. The SMILES string of the molecule is CCC[C@@H](NC(=O)N1CCCC(CC)CC1)C(=O)O. The molecular formula is C14H26N2O3. The number of nitrogens with zero attached hydrogens (tertiary/aromatic N) is 1. The van der Waals surface area contributed by atoms with E-state index in [0.717, 1.165) is 45.2 Å². The fourth-order valence-electron chi connectivity index (χ4n) is 2.56. The monoisotopic (exact) mass is 270 g/mol. The van der Waals surface area contributed by atoms with Crippen molar-refractivity contribution in [1.29, 1.82) is 0 Å². The number of carboxylic acids is 1. The lowest BCUT2D eigenvalue weighted by molar-refractivity contribution is -0.139. The van der Waals surface area contributed by atoms with Gasteiger partial charge in [-0.05, 0) is 31.6 Å². The third kappa shape index (κ3) is 5.09. The van der Waals surface area contributed by atoms with Crippen molar-refractivity contribution in [2.45, 2.75) is 58.4 Å². The third-order valence-corrected chi connectivity index (χ3v) is 3.89. The smallest absolute Gasteiger partial charge is 0.326 e. The zero-order chi connectivity index (χ0) is 14.3. The van der Waals surface area contributed by atoms with Crippen LogP contribution in [0.3, 0.4) is 0 Å². The number of nitrogens with one attached hydrogen (secondary N) is 1. The Hall–Kier alpha value is -1.26. The molecule has 1 aliphatic rings. The van der Waals surface area contributed by atoms with E-state index in [-0.39, 0.29) is 6.03 Å². The molecule has 5 heteroatoms. The number of hydrogen-bond acceptors (Lipinski definition) is 2. The zero-order valence-electron chi connectivity index (χ0n) is 12.0. The van der Waals surface area contributed by atoms with E-state index in [0.29, 0.717) is 12.3 Å². The second-order valence-corrected chi connectivity index (χ2v) is 5.32. The summed E-state index contributed by atoms with van der Waals surface area (Å²) in [5.74, 6) is -0.250. The molecule has 0 aromatic heterocycles. The van der Waals surface area contributed by atoms with E-state index in [4.69, 9.17) is 5.11 Å². The molecule has 5 nitrogen and oxygen atoms in total. The Morgan fingerprint density at radius 3 is 2.63 bits per heavy atom. The number of amides is 2. The van der Waals surface area contributed by atoms with Crippen LogP contribution in [0.5, 0.6) is 0 Å². The molecule has 0 saturated carbocycles. The lowest BCUT2D eigenvalue weighted by Crippen LogP contribution is -2.48. The zero-order valence-corrected chi connectivity index (χ0v) is 12.0. The minimum atomic E-state index is -0.948. The highest BCUT2D eigenvalue weighted by molar-refractivity contribution is 5.82. The van der Waals surface area contributed by atoms with Gasteiger partial charge in [0.2, 0.25) is 0 Å². The standard InChI is InChI=1S/C14H26N2O3/c1-3-6-12(13(17)18)15-14(19)16-9-5-7-11(4-2)8-10-16/h11-12H,3-10H2,1-2H3,(H,15,19)(H,17,18)/t11?,12-/m1/s1. The molecule has 0 aliphatic carbocycles. The predicted molar refractivity (Wildman–Crippen MR) is 74.1 cm³/mol. The highest BCUT2D eigenvalue weighted by atomic mass is 16.4. The molecule has 2 atom stereocenters. The Morgan fingerprint density at radius 2 is 2.05 bits per heavy atom. The number of carbonyl (C=O) groups is 2. The second kappa shape index (κ2) is 8.02. The van der Waals surface area contributed by atoms with Crippen molar-refractivity contribution in [1.82, 2.24) is 10.2 Å². The van der Waals surface area contributed by atoms with E-state index < -0.39 is 12.0 Å². The molecule has 1 fully saturated rings. The van der Waals surface area contributed by atoms with Gasteiger partial charge in [0.05, 0.1) is 0 Å². The van der Waals surface area contributed by atoms with Gasteiger partial charge in [-0.1, -0.05) is 26.7 Å². The second-order valence-electron chi connectivity index (χ2n) is 5.32. The van der Waals surface area contributed by atoms with Crippen LogP contribution < -0.4 is 5.32 Å². The Morgan fingerprint density at radius 1 is 1.32 bits per heavy atom. The maximum atomic E-state index is 12.1. The lowest BCUT2D eigenvalue weighted by Gasteiger charge is -2.23. The molecule has 2 amide bonds. The number of urea groups is 1. The van der Waals surface area contributed by atoms with Gasteiger partial charge >= 0.3 is 12.0 Å². The molecule has 110 valence electrons. The molecule has 0 radical (unpaired) electrons. The summed E-state index contributed by atoms with van der Waals surface area (Å²) in [6.45, 7) is 5.57. The minimum Gasteiger partial charge on any atom is -0.480 e. The van der Waals surface area contributed by atoms with Crippen molar-refractivity contribution < 1.29 is 14.7 Å².